The Morgan fingerprint density at radius 2 is 1.55 bits per heavy atom. The quantitative estimate of drug-likeness (QED) is 0.804. The molecule has 0 bridgehead atoms. The van der Waals surface area contributed by atoms with E-state index in [1.54, 1.807) is 36.4 Å². The van der Waals surface area contributed by atoms with Crippen molar-refractivity contribution in [2.24, 2.45) is 0 Å². The van der Waals surface area contributed by atoms with Crippen molar-refractivity contribution in [2.45, 2.75) is 6.61 Å². The fourth-order valence-corrected chi connectivity index (χ4v) is 1.76. The molecule has 0 aromatic heterocycles. The first-order chi connectivity index (χ1) is 10.7. The molecular weight excluding hydrogens is 274 g/mol. The molecule has 0 fully saturated rings. The molecule has 4 nitrogen and oxygen atoms in total. The van der Waals surface area contributed by atoms with Crippen LogP contribution < -0.4 is 4.74 Å². The molecule has 0 N–H and O–H groups in total. The predicted molar refractivity (Wildman–Crippen MR) is 81.1 cm³/mol. The van der Waals surface area contributed by atoms with Crippen molar-refractivity contribution >= 4 is 6.08 Å². The van der Waals surface area contributed by atoms with Gasteiger partial charge >= 0.3 is 0 Å². The van der Waals surface area contributed by atoms with E-state index < -0.39 is 0 Å². The van der Waals surface area contributed by atoms with Gasteiger partial charge in [-0.25, -0.2) is 0 Å². The SMILES string of the molecule is N#CC(C#N)=Cc1ccc(OCc2ccc(C#N)cc2)cc1. The Kier molecular flexibility index (Phi) is 4.92. The number of nitriles is 3. The van der Waals surface area contributed by atoms with Crippen molar-refractivity contribution in [3.05, 3.63) is 70.8 Å². The number of hydrogen-bond acceptors (Lipinski definition) is 4. The molecule has 2 aromatic carbocycles. The number of nitrogens with zero attached hydrogens (tertiary/aromatic N) is 3. The van der Waals surface area contributed by atoms with Gasteiger partial charge in [0.25, 0.3) is 0 Å². The third-order valence-electron chi connectivity index (χ3n) is 2.92. The molecule has 0 atom stereocenters. The topological polar surface area (TPSA) is 80.6 Å². The van der Waals surface area contributed by atoms with Crippen LogP contribution in [0.1, 0.15) is 16.7 Å². The van der Waals surface area contributed by atoms with Crippen molar-refractivity contribution in [2.75, 3.05) is 0 Å². The van der Waals surface area contributed by atoms with Gasteiger partial charge < -0.3 is 4.74 Å². The molecule has 2 aromatic rings. The lowest BCUT2D eigenvalue weighted by Crippen LogP contribution is -1.95. The van der Waals surface area contributed by atoms with Crippen LogP contribution in [0, 0.1) is 34.0 Å². The third kappa shape index (κ3) is 3.97. The predicted octanol–water partition coefficient (Wildman–Crippen LogP) is 3.57. The van der Waals surface area contributed by atoms with Crippen molar-refractivity contribution in [3.63, 3.8) is 0 Å². The fraction of sp³-hybridized carbons (Fsp3) is 0.0556. The highest BCUT2D eigenvalue weighted by molar-refractivity contribution is 5.62. The van der Waals surface area contributed by atoms with Gasteiger partial charge in [0, 0.05) is 0 Å². The van der Waals surface area contributed by atoms with Crippen LogP contribution in [0.25, 0.3) is 6.08 Å². The second kappa shape index (κ2) is 7.29. The Hall–Kier alpha value is -3.55. The Morgan fingerprint density at radius 3 is 2.09 bits per heavy atom. The maximum atomic E-state index is 8.73. The van der Waals surface area contributed by atoms with Gasteiger partial charge in [0.2, 0.25) is 0 Å². The summed E-state index contributed by atoms with van der Waals surface area (Å²) in [7, 11) is 0. The molecule has 0 aliphatic heterocycles. The van der Waals surface area contributed by atoms with Gasteiger partial charge in [-0.15, -0.1) is 0 Å². The minimum Gasteiger partial charge on any atom is -0.489 e. The highest BCUT2D eigenvalue weighted by atomic mass is 16.5. The maximum absolute atomic E-state index is 8.73. The Morgan fingerprint density at radius 1 is 0.909 bits per heavy atom. The molecule has 2 rings (SSSR count). The Bertz CT molecular complexity index is 782. The number of hydrogen-bond donors (Lipinski definition) is 0. The van der Waals surface area contributed by atoms with Gasteiger partial charge in [-0.1, -0.05) is 24.3 Å². The zero-order chi connectivity index (χ0) is 15.8. The highest BCUT2D eigenvalue weighted by Gasteiger charge is 1.98. The number of rotatable bonds is 4. The van der Waals surface area contributed by atoms with Crippen molar-refractivity contribution in [3.8, 4) is 24.0 Å². The zero-order valence-corrected chi connectivity index (χ0v) is 11.7. The summed E-state index contributed by atoms with van der Waals surface area (Å²) in [6.07, 6.45) is 1.52. The third-order valence-corrected chi connectivity index (χ3v) is 2.92. The van der Waals surface area contributed by atoms with Crippen LogP contribution in [-0.4, -0.2) is 0 Å². The van der Waals surface area contributed by atoms with E-state index in [2.05, 4.69) is 6.07 Å². The van der Waals surface area contributed by atoms with E-state index in [-0.39, 0.29) is 5.57 Å². The van der Waals surface area contributed by atoms with E-state index in [0.717, 1.165) is 11.1 Å². The van der Waals surface area contributed by atoms with E-state index in [4.69, 9.17) is 20.5 Å². The summed E-state index contributed by atoms with van der Waals surface area (Å²) in [6.45, 7) is 0.405. The van der Waals surface area contributed by atoms with Crippen LogP contribution in [0.2, 0.25) is 0 Å². The minimum absolute atomic E-state index is 0.0613. The monoisotopic (exact) mass is 285 g/mol. The van der Waals surface area contributed by atoms with Crippen LogP contribution in [0.3, 0.4) is 0 Å². The number of allylic oxidation sites excluding steroid dienone is 1. The number of benzene rings is 2. The van der Waals surface area contributed by atoms with Gasteiger partial charge in [0.15, 0.2) is 0 Å². The van der Waals surface area contributed by atoms with Crippen molar-refractivity contribution in [1.29, 1.82) is 15.8 Å². The normalized spacial score (nSPS) is 8.95. The van der Waals surface area contributed by atoms with Gasteiger partial charge in [-0.05, 0) is 41.5 Å². The zero-order valence-electron chi connectivity index (χ0n) is 11.7. The van der Waals surface area contributed by atoms with Crippen LogP contribution in [0.15, 0.2) is 54.1 Å². The van der Waals surface area contributed by atoms with Gasteiger partial charge in [-0.3, -0.25) is 0 Å². The standard InChI is InChI=1S/C18H11N3O/c19-10-15-1-3-16(4-2-15)13-22-18-7-5-14(6-8-18)9-17(11-20)12-21/h1-9H,13H2. The molecule has 0 amide bonds. The molecule has 104 valence electrons. The molecule has 0 aliphatic rings. The number of ether oxygens (including phenoxy) is 1. The molecule has 0 saturated heterocycles. The first-order valence-corrected chi connectivity index (χ1v) is 6.49. The molecule has 0 radical (unpaired) electrons. The molecule has 0 heterocycles. The molecule has 0 unspecified atom stereocenters. The van der Waals surface area contributed by atoms with Gasteiger partial charge in [0.05, 0.1) is 11.6 Å². The van der Waals surface area contributed by atoms with Crippen molar-refractivity contribution in [1.82, 2.24) is 0 Å². The van der Waals surface area contributed by atoms with Crippen LogP contribution in [0.5, 0.6) is 5.75 Å². The van der Waals surface area contributed by atoms with E-state index in [9.17, 15) is 0 Å². The summed E-state index contributed by atoms with van der Waals surface area (Å²) in [5.74, 6) is 0.692. The largest absolute Gasteiger partial charge is 0.489 e. The lowest BCUT2D eigenvalue weighted by atomic mass is 10.1. The van der Waals surface area contributed by atoms with Gasteiger partial charge in [0.1, 0.15) is 30.1 Å². The summed E-state index contributed by atoms with van der Waals surface area (Å²) < 4.78 is 5.64. The molecule has 4 heteroatoms. The molecule has 0 saturated carbocycles. The van der Waals surface area contributed by atoms with E-state index in [1.807, 2.05) is 24.3 Å². The Labute approximate surface area is 128 Å². The lowest BCUT2D eigenvalue weighted by Gasteiger charge is -2.06. The average Bonchev–Trinajstić information content (AvgIpc) is 2.59. The summed E-state index contributed by atoms with van der Waals surface area (Å²) in [5, 5.41) is 26.1. The van der Waals surface area contributed by atoms with Crippen LogP contribution in [-0.2, 0) is 6.61 Å². The smallest absolute Gasteiger partial charge is 0.130 e. The van der Waals surface area contributed by atoms with E-state index in [1.165, 1.54) is 6.08 Å². The average molecular weight is 285 g/mol. The Balaban J connectivity index is 2.00. The fourth-order valence-electron chi connectivity index (χ4n) is 1.76. The van der Waals surface area contributed by atoms with Gasteiger partial charge in [-0.2, -0.15) is 15.8 Å². The summed E-state index contributed by atoms with van der Waals surface area (Å²) in [6, 6.07) is 20.0. The van der Waals surface area contributed by atoms with E-state index in [0.29, 0.717) is 17.9 Å². The second-order valence-electron chi connectivity index (χ2n) is 4.45. The summed E-state index contributed by atoms with van der Waals surface area (Å²) in [5.41, 5.74) is 2.42. The summed E-state index contributed by atoms with van der Waals surface area (Å²) >= 11 is 0. The molecule has 0 spiro atoms. The lowest BCUT2D eigenvalue weighted by molar-refractivity contribution is 0.306. The van der Waals surface area contributed by atoms with E-state index >= 15 is 0 Å². The van der Waals surface area contributed by atoms with Crippen LogP contribution >= 0.6 is 0 Å². The maximum Gasteiger partial charge on any atom is 0.130 e. The second-order valence-corrected chi connectivity index (χ2v) is 4.45. The van der Waals surface area contributed by atoms with Crippen molar-refractivity contribution < 1.29 is 4.74 Å². The summed E-state index contributed by atoms with van der Waals surface area (Å²) in [4.78, 5) is 0. The molecular formula is C18H11N3O. The minimum atomic E-state index is 0.0613. The first kappa shape index (κ1) is 14.9. The molecule has 0 aliphatic carbocycles. The molecule has 22 heavy (non-hydrogen) atoms. The highest BCUT2D eigenvalue weighted by Crippen LogP contribution is 2.16. The van der Waals surface area contributed by atoms with Crippen LogP contribution in [0.4, 0.5) is 0 Å². The first-order valence-electron chi connectivity index (χ1n) is 6.49.